The zero-order valence-corrected chi connectivity index (χ0v) is 13.5. The fraction of sp³-hybridized carbons (Fsp3) is 0.647. The van der Waals surface area contributed by atoms with Gasteiger partial charge in [-0.05, 0) is 58.1 Å². The van der Waals surface area contributed by atoms with Crippen molar-refractivity contribution < 1.29 is 9.84 Å². The van der Waals surface area contributed by atoms with Crippen molar-refractivity contribution in [2.75, 3.05) is 40.3 Å². The molecule has 1 aromatic rings. The molecule has 2 atom stereocenters. The summed E-state index contributed by atoms with van der Waals surface area (Å²) in [5.74, 6) is 0.860. The van der Waals surface area contributed by atoms with Gasteiger partial charge in [0, 0.05) is 19.1 Å². The monoisotopic (exact) mass is 292 g/mol. The topological polar surface area (TPSA) is 35.9 Å². The third kappa shape index (κ3) is 4.70. The van der Waals surface area contributed by atoms with Crippen LogP contribution in [-0.2, 0) is 0 Å². The molecule has 4 nitrogen and oxygen atoms in total. The number of β-amino-alcohol motifs (C(OH)–C–C–N with tert-alkyl or cyclic N) is 1. The first kappa shape index (κ1) is 16.3. The Morgan fingerprint density at radius 2 is 2.05 bits per heavy atom. The first-order valence-corrected chi connectivity index (χ1v) is 7.89. The molecule has 0 bridgehead atoms. The van der Waals surface area contributed by atoms with Crippen LogP contribution in [0, 0.1) is 0 Å². The molecule has 4 heteroatoms. The fourth-order valence-electron chi connectivity index (χ4n) is 2.92. The lowest BCUT2D eigenvalue weighted by atomic mass is 10.0. The standard InChI is InChI=1S/C17H28N2O2/c1-4-21-16-9-7-14(8-10-16)17(20)13-19-11-5-6-15(12-19)18(2)3/h7-10,15,17,20H,4-6,11-13H2,1-3H3. The second kappa shape index (κ2) is 7.78. The number of likely N-dealkylation sites (tertiary alicyclic amines) is 1. The van der Waals surface area contributed by atoms with Crippen LogP contribution in [0.3, 0.4) is 0 Å². The van der Waals surface area contributed by atoms with E-state index < -0.39 is 6.10 Å². The van der Waals surface area contributed by atoms with Crippen LogP contribution in [0.5, 0.6) is 5.75 Å². The van der Waals surface area contributed by atoms with E-state index >= 15 is 0 Å². The van der Waals surface area contributed by atoms with E-state index in [9.17, 15) is 5.11 Å². The van der Waals surface area contributed by atoms with E-state index in [4.69, 9.17) is 4.74 Å². The molecule has 0 aromatic heterocycles. The second-order valence-corrected chi connectivity index (χ2v) is 6.04. The number of benzene rings is 1. The number of ether oxygens (including phenoxy) is 1. The summed E-state index contributed by atoms with van der Waals surface area (Å²) in [6.45, 7) is 5.47. The maximum Gasteiger partial charge on any atom is 0.119 e. The van der Waals surface area contributed by atoms with Gasteiger partial charge >= 0.3 is 0 Å². The summed E-state index contributed by atoms with van der Waals surface area (Å²) < 4.78 is 5.43. The Hall–Kier alpha value is -1.10. The third-order valence-electron chi connectivity index (χ3n) is 4.22. The Labute approximate surface area is 128 Å². The molecule has 0 amide bonds. The van der Waals surface area contributed by atoms with Crippen molar-refractivity contribution in [1.82, 2.24) is 9.80 Å². The lowest BCUT2D eigenvalue weighted by molar-refractivity contribution is 0.0721. The summed E-state index contributed by atoms with van der Waals surface area (Å²) in [5.41, 5.74) is 0.963. The van der Waals surface area contributed by atoms with E-state index in [1.807, 2.05) is 31.2 Å². The minimum atomic E-state index is -0.429. The van der Waals surface area contributed by atoms with Gasteiger partial charge in [-0.15, -0.1) is 0 Å². The molecule has 1 aliphatic heterocycles. The number of hydrogen-bond acceptors (Lipinski definition) is 4. The molecule has 1 aromatic carbocycles. The van der Waals surface area contributed by atoms with Gasteiger partial charge in [-0.2, -0.15) is 0 Å². The fourth-order valence-corrected chi connectivity index (χ4v) is 2.92. The van der Waals surface area contributed by atoms with Crippen molar-refractivity contribution in [3.63, 3.8) is 0 Å². The molecule has 1 N–H and O–H groups in total. The van der Waals surface area contributed by atoms with Gasteiger partial charge in [0.25, 0.3) is 0 Å². The number of piperidine rings is 1. The van der Waals surface area contributed by atoms with Gasteiger partial charge in [-0.3, -0.25) is 4.90 Å². The van der Waals surface area contributed by atoms with Crippen molar-refractivity contribution in [3.8, 4) is 5.75 Å². The number of aliphatic hydroxyl groups excluding tert-OH is 1. The van der Waals surface area contributed by atoms with E-state index in [1.54, 1.807) is 0 Å². The molecular weight excluding hydrogens is 264 g/mol. The maximum absolute atomic E-state index is 10.4. The molecular formula is C17H28N2O2. The molecule has 1 fully saturated rings. The highest BCUT2D eigenvalue weighted by Gasteiger charge is 2.23. The highest BCUT2D eigenvalue weighted by Crippen LogP contribution is 2.21. The van der Waals surface area contributed by atoms with E-state index in [-0.39, 0.29) is 0 Å². The van der Waals surface area contributed by atoms with Crippen molar-refractivity contribution >= 4 is 0 Å². The van der Waals surface area contributed by atoms with E-state index in [1.165, 1.54) is 12.8 Å². The Kier molecular flexibility index (Phi) is 6.03. The zero-order chi connectivity index (χ0) is 15.2. The van der Waals surface area contributed by atoms with E-state index in [0.717, 1.165) is 24.4 Å². The minimum Gasteiger partial charge on any atom is -0.494 e. The average Bonchev–Trinajstić information content (AvgIpc) is 2.48. The first-order chi connectivity index (χ1) is 10.1. The summed E-state index contributed by atoms with van der Waals surface area (Å²) in [6.07, 6.45) is 2.03. The minimum absolute atomic E-state index is 0.429. The van der Waals surface area contributed by atoms with Crippen LogP contribution in [-0.4, -0.2) is 61.3 Å². The van der Waals surface area contributed by atoms with Gasteiger partial charge < -0.3 is 14.7 Å². The molecule has 2 unspecified atom stereocenters. The normalized spacial score (nSPS) is 21.5. The molecule has 21 heavy (non-hydrogen) atoms. The van der Waals surface area contributed by atoms with Crippen LogP contribution in [0.25, 0.3) is 0 Å². The Balaban J connectivity index is 1.89. The van der Waals surface area contributed by atoms with Crippen molar-refractivity contribution in [2.45, 2.75) is 31.9 Å². The number of likely N-dealkylation sites (N-methyl/N-ethyl adjacent to an activating group) is 1. The lowest BCUT2D eigenvalue weighted by Gasteiger charge is -2.37. The van der Waals surface area contributed by atoms with Crippen LogP contribution in [0.1, 0.15) is 31.4 Å². The summed E-state index contributed by atoms with van der Waals surface area (Å²) >= 11 is 0. The first-order valence-electron chi connectivity index (χ1n) is 7.89. The molecule has 118 valence electrons. The highest BCUT2D eigenvalue weighted by atomic mass is 16.5. The maximum atomic E-state index is 10.4. The molecule has 0 spiro atoms. The lowest BCUT2D eigenvalue weighted by Crippen LogP contribution is -2.46. The van der Waals surface area contributed by atoms with E-state index in [0.29, 0.717) is 19.2 Å². The number of rotatable bonds is 6. The Morgan fingerprint density at radius 3 is 2.67 bits per heavy atom. The van der Waals surface area contributed by atoms with Crippen LogP contribution in [0.4, 0.5) is 0 Å². The van der Waals surface area contributed by atoms with Crippen molar-refractivity contribution in [3.05, 3.63) is 29.8 Å². The molecule has 1 aliphatic rings. The van der Waals surface area contributed by atoms with E-state index in [2.05, 4.69) is 23.9 Å². The highest BCUT2D eigenvalue weighted by molar-refractivity contribution is 5.28. The zero-order valence-electron chi connectivity index (χ0n) is 13.5. The molecule has 0 aliphatic carbocycles. The van der Waals surface area contributed by atoms with Gasteiger partial charge in [-0.1, -0.05) is 12.1 Å². The molecule has 0 saturated carbocycles. The third-order valence-corrected chi connectivity index (χ3v) is 4.22. The molecule has 2 rings (SSSR count). The molecule has 1 heterocycles. The van der Waals surface area contributed by atoms with Gasteiger partial charge in [0.1, 0.15) is 5.75 Å². The number of nitrogens with zero attached hydrogens (tertiary/aromatic N) is 2. The van der Waals surface area contributed by atoms with Crippen molar-refractivity contribution in [2.24, 2.45) is 0 Å². The van der Waals surface area contributed by atoms with Gasteiger partial charge in [0.2, 0.25) is 0 Å². The quantitative estimate of drug-likeness (QED) is 0.871. The van der Waals surface area contributed by atoms with Gasteiger partial charge in [0.05, 0.1) is 12.7 Å². The smallest absolute Gasteiger partial charge is 0.119 e. The van der Waals surface area contributed by atoms with Crippen LogP contribution in [0.15, 0.2) is 24.3 Å². The van der Waals surface area contributed by atoms with Crippen LogP contribution in [0.2, 0.25) is 0 Å². The van der Waals surface area contributed by atoms with Crippen molar-refractivity contribution in [1.29, 1.82) is 0 Å². The SMILES string of the molecule is CCOc1ccc(C(O)CN2CCCC(N(C)C)C2)cc1. The average molecular weight is 292 g/mol. The molecule has 0 radical (unpaired) electrons. The van der Waals surface area contributed by atoms with Gasteiger partial charge in [-0.25, -0.2) is 0 Å². The predicted octanol–water partition coefficient (Wildman–Crippen LogP) is 2.14. The van der Waals surface area contributed by atoms with Crippen LogP contribution >= 0.6 is 0 Å². The Morgan fingerprint density at radius 1 is 1.33 bits per heavy atom. The Bertz CT molecular complexity index is 419. The number of aliphatic hydroxyl groups is 1. The summed E-state index contributed by atoms with van der Waals surface area (Å²) in [7, 11) is 4.27. The predicted molar refractivity (Wildman–Crippen MR) is 85.7 cm³/mol. The second-order valence-electron chi connectivity index (χ2n) is 6.04. The largest absolute Gasteiger partial charge is 0.494 e. The molecule has 1 saturated heterocycles. The summed E-state index contributed by atoms with van der Waals surface area (Å²) in [4.78, 5) is 4.66. The summed E-state index contributed by atoms with van der Waals surface area (Å²) in [6, 6.07) is 8.39. The van der Waals surface area contributed by atoms with Gasteiger partial charge in [0.15, 0.2) is 0 Å². The number of hydrogen-bond donors (Lipinski definition) is 1. The summed E-state index contributed by atoms with van der Waals surface area (Å²) in [5, 5.41) is 10.4. The van der Waals surface area contributed by atoms with Crippen LogP contribution < -0.4 is 4.74 Å².